The Balaban J connectivity index is 1.32. The molecule has 2 aliphatic rings. The van der Waals surface area contributed by atoms with E-state index in [0.29, 0.717) is 35.6 Å². The van der Waals surface area contributed by atoms with Gasteiger partial charge in [0, 0.05) is 29.4 Å². The molecule has 4 rings (SSSR count). The number of hydrogen-bond acceptors (Lipinski definition) is 7. The van der Waals surface area contributed by atoms with Crippen LogP contribution in [0.5, 0.6) is 11.5 Å². The summed E-state index contributed by atoms with van der Waals surface area (Å²) < 4.78 is 41.3. The molecule has 3 heterocycles. The first kappa shape index (κ1) is 21.4. The zero-order chi connectivity index (χ0) is 22.2. The molecule has 2 aliphatic heterocycles. The number of ether oxygens (including phenoxy) is 3. The fourth-order valence-electron chi connectivity index (χ4n) is 4.24. The van der Waals surface area contributed by atoms with Crippen LogP contribution in [0, 0.1) is 13.8 Å². The van der Waals surface area contributed by atoms with Crippen LogP contribution in [0.25, 0.3) is 0 Å². The Labute approximate surface area is 181 Å². The third-order valence-electron chi connectivity index (χ3n) is 5.78. The minimum Gasteiger partial charge on any atom is -0.457 e. The number of rotatable bonds is 7. The van der Waals surface area contributed by atoms with Crippen LogP contribution in [0.4, 0.5) is 0 Å². The number of fused-ring (bicyclic) bond motifs is 1. The molecule has 0 amide bonds. The zero-order valence-corrected chi connectivity index (χ0v) is 18.4. The van der Waals surface area contributed by atoms with E-state index in [4.69, 9.17) is 14.2 Å². The lowest BCUT2D eigenvalue weighted by Gasteiger charge is -2.16. The van der Waals surface area contributed by atoms with Gasteiger partial charge in [0.2, 0.25) is 12.6 Å². The topological polar surface area (TPSA) is 101 Å². The Kier molecular flexibility index (Phi) is 5.79. The number of nitrogens with zero attached hydrogens (tertiary/aromatic N) is 1. The zero-order valence-electron chi connectivity index (χ0n) is 17.5. The van der Waals surface area contributed by atoms with Gasteiger partial charge in [-0.1, -0.05) is 6.07 Å². The van der Waals surface area contributed by atoms with Crippen molar-refractivity contribution < 1.29 is 32.2 Å². The van der Waals surface area contributed by atoms with E-state index >= 15 is 0 Å². The molecule has 1 aromatic heterocycles. The van der Waals surface area contributed by atoms with Gasteiger partial charge in [-0.2, -0.15) is 0 Å². The highest BCUT2D eigenvalue weighted by molar-refractivity contribution is 7.91. The van der Waals surface area contributed by atoms with Gasteiger partial charge in [0.15, 0.2) is 27.9 Å². The van der Waals surface area contributed by atoms with Gasteiger partial charge in [0.05, 0.1) is 11.5 Å². The Morgan fingerprint density at radius 2 is 1.94 bits per heavy atom. The van der Waals surface area contributed by atoms with Crippen LogP contribution in [-0.2, 0) is 25.8 Å². The molecule has 9 heteroatoms. The Hall–Kier alpha value is -2.81. The van der Waals surface area contributed by atoms with Gasteiger partial charge >= 0.3 is 5.97 Å². The van der Waals surface area contributed by atoms with Gasteiger partial charge in [-0.3, -0.25) is 9.59 Å². The standard InChI is InChI=1S/C22H25NO7S/c1-14-9-18(15(2)23(14)17-7-8-31(26,27)12-17)19(24)11-28-22(25)6-4-16-3-5-20-21(10-16)30-13-29-20/h3,5,9-10,17H,4,6-8,11-13H2,1-2H3. The van der Waals surface area contributed by atoms with Crippen LogP contribution in [0.1, 0.15) is 46.2 Å². The average molecular weight is 448 g/mol. The second-order valence-corrected chi connectivity index (χ2v) is 10.2. The van der Waals surface area contributed by atoms with E-state index < -0.39 is 15.8 Å². The van der Waals surface area contributed by atoms with E-state index in [0.717, 1.165) is 11.3 Å². The molecule has 0 saturated carbocycles. The first-order valence-corrected chi connectivity index (χ1v) is 12.0. The summed E-state index contributed by atoms with van der Waals surface area (Å²) in [6.45, 7) is 3.51. The second kappa shape index (κ2) is 8.37. The molecular weight excluding hydrogens is 422 g/mol. The maximum absolute atomic E-state index is 12.6. The molecule has 31 heavy (non-hydrogen) atoms. The molecule has 1 atom stereocenters. The molecule has 2 aromatic rings. The van der Waals surface area contributed by atoms with Crippen molar-refractivity contribution in [2.24, 2.45) is 0 Å². The number of Topliss-reactive ketones (excluding diaryl/α,β-unsaturated/α-hetero) is 1. The van der Waals surface area contributed by atoms with Crippen molar-refractivity contribution in [3.8, 4) is 11.5 Å². The molecule has 0 radical (unpaired) electrons. The second-order valence-electron chi connectivity index (χ2n) is 7.98. The van der Waals surface area contributed by atoms with E-state index in [1.54, 1.807) is 19.1 Å². The van der Waals surface area contributed by atoms with Crippen LogP contribution < -0.4 is 9.47 Å². The Bertz CT molecular complexity index is 1130. The molecule has 8 nitrogen and oxygen atoms in total. The highest BCUT2D eigenvalue weighted by Crippen LogP contribution is 2.33. The van der Waals surface area contributed by atoms with Crippen molar-refractivity contribution >= 4 is 21.6 Å². The van der Waals surface area contributed by atoms with Crippen molar-refractivity contribution in [3.63, 3.8) is 0 Å². The highest BCUT2D eigenvalue weighted by atomic mass is 32.2. The van der Waals surface area contributed by atoms with Gasteiger partial charge in [-0.25, -0.2) is 8.42 Å². The van der Waals surface area contributed by atoms with Gasteiger partial charge in [0.25, 0.3) is 0 Å². The summed E-state index contributed by atoms with van der Waals surface area (Å²) in [7, 11) is -3.03. The third kappa shape index (κ3) is 4.61. The monoisotopic (exact) mass is 447 g/mol. The summed E-state index contributed by atoms with van der Waals surface area (Å²) in [5, 5.41) is 0. The number of esters is 1. The summed E-state index contributed by atoms with van der Waals surface area (Å²) in [6, 6.07) is 7.08. The summed E-state index contributed by atoms with van der Waals surface area (Å²) >= 11 is 0. The number of aromatic nitrogens is 1. The number of carbonyl (C=O) groups is 2. The molecule has 1 saturated heterocycles. The Morgan fingerprint density at radius 1 is 1.16 bits per heavy atom. The lowest BCUT2D eigenvalue weighted by molar-refractivity contribution is -0.142. The molecule has 0 spiro atoms. The summed E-state index contributed by atoms with van der Waals surface area (Å²) in [4.78, 5) is 24.8. The molecule has 0 aliphatic carbocycles. The van der Waals surface area contributed by atoms with E-state index in [1.165, 1.54) is 0 Å². The van der Waals surface area contributed by atoms with E-state index in [9.17, 15) is 18.0 Å². The number of sulfone groups is 1. The quantitative estimate of drug-likeness (QED) is 0.475. The Morgan fingerprint density at radius 3 is 2.68 bits per heavy atom. The van der Waals surface area contributed by atoms with Crippen molar-refractivity contribution in [3.05, 3.63) is 46.8 Å². The molecular formula is C22H25NO7S. The van der Waals surface area contributed by atoms with Gasteiger partial charge in [-0.05, 0) is 50.5 Å². The third-order valence-corrected chi connectivity index (χ3v) is 7.53. The normalized spacial score (nSPS) is 18.8. The van der Waals surface area contributed by atoms with E-state index in [1.807, 2.05) is 23.6 Å². The van der Waals surface area contributed by atoms with Crippen molar-refractivity contribution in [2.75, 3.05) is 24.9 Å². The molecule has 0 bridgehead atoms. The van der Waals surface area contributed by atoms with Crippen LogP contribution in [0.3, 0.4) is 0 Å². The summed E-state index contributed by atoms with van der Waals surface area (Å²) in [5.74, 6) is 0.847. The highest BCUT2D eigenvalue weighted by Gasteiger charge is 2.31. The number of carbonyl (C=O) groups excluding carboxylic acids is 2. The SMILES string of the molecule is Cc1cc(C(=O)COC(=O)CCc2ccc3c(c2)OCO3)c(C)n1C1CCS(=O)(=O)C1. The predicted octanol–water partition coefficient (Wildman–Crippen LogP) is 2.55. The smallest absolute Gasteiger partial charge is 0.306 e. The maximum atomic E-state index is 12.6. The largest absolute Gasteiger partial charge is 0.457 e. The fraction of sp³-hybridized carbons (Fsp3) is 0.455. The molecule has 0 N–H and O–H groups in total. The first-order chi connectivity index (χ1) is 14.7. The number of benzene rings is 1. The predicted molar refractivity (Wildman–Crippen MR) is 112 cm³/mol. The van der Waals surface area contributed by atoms with E-state index in [2.05, 4.69) is 0 Å². The van der Waals surface area contributed by atoms with Crippen LogP contribution in [0.15, 0.2) is 24.3 Å². The van der Waals surface area contributed by atoms with Crippen molar-refractivity contribution in [1.82, 2.24) is 4.57 Å². The van der Waals surface area contributed by atoms with Gasteiger partial charge < -0.3 is 18.8 Å². The van der Waals surface area contributed by atoms with Crippen molar-refractivity contribution in [2.45, 2.75) is 39.2 Å². The molecule has 166 valence electrons. The lowest BCUT2D eigenvalue weighted by Crippen LogP contribution is -2.17. The van der Waals surface area contributed by atoms with Gasteiger partial charge in [0.1, 0.15) is 0 Å². The molecule has 1 fully saturated rings. The van der Waals surface area contributed by atoms with Crippen LogP contribution in [0.2, 0.25) is 0 Å². The average Bonchev–Trinajstić information content (AvgIpc) is 3.41. The minimum atomic E-state index is -3.03. The van der Waals surface area contributed by atoms with E-state index in [-0.39, 0.29) is 43.2 Å². The number of aryl methyl sites for hydroxylation is 2. The first-order valence-electron chi connectivity index (χ1n) is 10.2. The maximum Gasteiger partial charge on any atom is 0.306 e. The fourth-order valence-corrected chi connectivity index (χ4v) is 5.94. The van der Waals surface area contributed by atoms with Crippen LogP contribution in [-0.4, -0.2) is 49.6 Å². The summed E-state index contributed by atoms with van der Waals surface area (Å²) in [6.07, 6.45) is 1.15. The van der Waals surface area contributed by atoms with Crippen molar-refractivity contribution in [1.29, 1.82) is 0 Å². The van der Waals surface area contributed by atoms with Crippen LogP contribution >= 0.6 is 0 Å². The number of hydrogen-bond donors (Lipinski definition) is 0. The minimum absolute atomic E-state index is 0.0891. The molecule has 1 aromatic carbocycles. The summed E-state index contributed by atoms with van der Waals surface area (Å²) in [5.41, 5.74) is 2.92. The molecule has 1 unspecified atom stereocenters. The number of ketones is 1. The lowest BCUT2D eigenvalue weighted by atomic mass is 10.1. The van der Waals surface area contributed by atoms with Gasteiger partial charge in [-0.15, -0.1) is 0 Å².